The predicted octanol–water partition coefficient (Wildman–Crippen LogP) is 0.0151. The quantitative estimate of drug-likeness (QED) is 0.329. The summed E-state index contributed by atoms with van der Waals surface area (Å²) in [4.78, 5) is 6.40. The largest absolute Gasteiger partial charge is 0.391 e. The van der Waals surface area contributed by atoms with E-state index in [0.717, 1.165) is 31.0 Å². The molecule has 0 aromatic carbocycles. The lowest BCUT2D eigenvalue weighted by atomic mass is 10.3. The van der Waals surface area contributed by atoms with E-state index in [1.165, 1.54) is 0 Å². The van der Waals surface area contributed by atoms with Gasteiger partial charge in [0.1, 0.15) is 0 Å². The summed E-state index contributed by atoms with van der Waals surface area (Å²) in [5.41, 5.74) is 0. The number of nitrogens with one attached hydrogen (secondary N) is 1. The van der Waals surface area contributed by atoms with E-state index in [9.17, 15) is 13.5 Å². The minimum Gasteiger partial charge on any atom is -0.391 e. The van der Waals surface area contributed by atoms with Gasteiger partial charge in [-0.2, -0.15) is 11.8 Å². The highest BCUT2D eigenvalue weighted by molar-refractivity contribution is 14.0. The van der Waals surface area contributed by atoms with Crippen molar-refractivity contribution in [2.45, 2.75) is 19.4 Å². The summed E-state index contributed by atoms with van der Waals surface area (Å²) >= 11 is 1.79. The summed E-state index contributed by atoms with van der Waals surface area (Å²) in [7, 11) is -3.21. The van der Waals surface area contributed by atoms with Crippen molar-refractivity contribution in [3.05, 3.63) is 0 Å². The SMILES string of the molecule is CCNC(=NCCS(=O)(=O)N1CCSCC1)N1CC[C@@H](O)C1.I. The third-order valence-electron chi connectivity index (χ3n) is 3.77. The average Bonchev–Trinajstić information content (AvgIpc) is 2.94. The molecule has 23 heavy (non-hydrogen) atoms. The Morgan fingerprint density at radius 3 is 2.61 bits per heavy atom. The van der Waals surface area contributed by atoms with Crippen LogP contribution in [0.25, 0.3) is 0 Å². The van der Waals surface area contributed by atoms with Gasteiger partial charge in [0.15, 0.2) is 5.96 Å². The van der Waals surface area contributed by atoms with Gasteiger partial charge in [0.05, 0.1) is 18.4 Å². The van der Waals surface area contributed by atoms with Crippen LogP contribution in [0.4, 0.5) is 0 Å². The predicted molar refractivity (Wildman–Crippen MR) is 106 cm³/mol. The highest BCUT2D eigenvalue weighted by Gasteiger charge is 2.25. The van der Waals surface area contributed by atoms with Crippen molar-refractivity contribution in [3.8, 4) is 0 Å². The number of guanidine groups is 1. The van der Waals surface area contributed by atoms with Crippen LogP contribution < -0.4 is 5.32 Å². The molecule has 0 radical (unpaired) electrons. The van der Waals surface area contributed by atoms with E-state index in [0.29, 0.717) is 25.6 Å². The Kier molecular flexibility index (Phi) is 9.49. The van der Waals surface area contributed by atoms with Crippen LogP contribution in [-0.2, 0) is 10.0 Å². The Bertz CT molecular complexity index is 484. The van der Waals surface area contributed by atoms with Crippen LogP contribution >= 0.6 is 35.7 Å². The molecule has 2 saturated heterocycles. The van der Waals surface area contributed by atoms with Crippen molar-refractivity contribution in [1.29, 1.82) is 0 Å². The molecule has 136 valence electrons. The number of aliphatic imine (C=N–C) groups is 1. The zero-order chi connectivity index (χ0) is 16.0. The molecule has 0 saturated carbocycles. The summed E-state index contributed by atoms with van der Waals surface area (Å²) in [6.45, 7) is 5.47. The number of thioether (sulfide) groups is 1. The topological polar surface area (TPSA) is 85.2 Å². The van der Waals surface area contributed by atoms with E-state index in [2.05, 4.69) is 10.3 Å². The van der Waals surface area contributed by atoms with E-state index in [4.69, 9.17) is 0 Å². The second-order valence-corrected chi connectivity index (χ2v) is 8.76. The minimum atomic E-state index is -3.21. The number of aliphatic hydroxyl groups is 1. The second kappa shape index (κ2) is 10.3. The van der Waals surface area contributed by atoms with Crippen molar-refractivity contribution < 1.29 is 13.5 Å². The number of hydrogen-bond donors (Lipinski definition) is 2. The van der Waals surface area contributed by atoms with Crippen molar-refractivity contribution in [1.82, 2.24) is 14.5 Å². The normalized spacial score (nSPS) is 23.7. The van der Waals surface area contributed by atoms with Gasteiger partial charge in [0.2, 0.25) is 10.0 Å². The van der Waals surface area contributed by atoms with Crippen LogP contribution in [0.5, 0.6) is 0 Å². The first-order valence-corrected chi connectivity index (χ1v) is 10.6. The number of β-amino-alcohol motifs (C(OH)–C–C–N with tert-alkyl or cyclic N) is 1. The average molecular weight is 478 g/mol. The molecular formula is C13H27IN4O3S2. The Hall–Kier alpha value is 0.220. The van der Waals surface area contributed by atoms with Crippen molar-refractivity contribution in [3.63, 3.8) is 0 Å². The fourth-order valence-electron chi connectivity index (χ4n) is 2.58. The summed E-state index contributed by atoms with van der Waals surface area (Å²) in [5, 5.41) is 12.8. The Balaban J connectivity index is 0.00000264. The van der Waals surface area contributed by atoms with Gasteiger partial charge in [-0.1, -0.05) is 0 Å². The van der Waals surface area contributed by atoms with Crippen LogP contribution in [0, 0.1) is 0 Å². The van der Waals surface area contributed by atoms with Gasteiger partial charge in [-0.25, -0.2) is 12.7 Å². The fourth-order valence-corrected chi connectivity index (χ4v) is 5.03. The number of likely N-dealkylation sites (tertiary alicyclic amines) is 1. The Morgan fingerprint density at radius 1 is 1.35 bits per heavy atom. The van der Waals surface area contributed by atoms with Crippen molar-refractivity contribution >= 4 is 51.7 Å². The molecule has 0 aromatic heterocycles. The van der Waals surface area contributed by atoms with E-state index < -0.39 is 10.0 Å². The number of aliphatic hydroxyl groups excluding tert-OH is 1. The van der Waals surface area contributed by atoms with Crippen molar-refractivity contribution in [2.75, 3.05) is 56.5 Å². The van der Waals surface area contributed by atoms with Crippen LogP contribution in [-0.4, -0.2) is 91.3 Å². The van der Waals surface area contributed by atoms with E-state index in [-0.39, 0.29) is 42.4 Å². The first-order chi connectivity index (χ1) is 10.5. The summed E-state index contributed by atoms with van der Waals surface area (Å²) in [5.74, 6) is 2.49. The molecule has 2 N–H and O–H groups in total. The van der Waals surface area contributed by atoms with Gasteiger partial charge in [-0.3, -0.25) is 4.99 Å². The number of hydrogen-bond acceptors (Lipinski definition) is 5. The number of rotatable bonds is 5. The third kappa shape index (κ3) is 6.56. The summed E-state index contributed by atoms with van der Waals surface area (Å²) in [6, 6.07) is 0. The molecule has 2 rings (SSSR count). The number of sulfonamides is 1. The molecule has 1 atom stereocenters. The molecule has 0 aliphatic carbocycles. The van der Waals surface area contributed by atoms with Gasteiger partial charge < -0.3 is 15.3 Å². The Morgan fingerprint density at radius 2 is 2.04 bits per heavy atom. The first-order valence-electron chi connectivity index (χ1n) is 7.80. The third-order valence-corrected chi connectivity index (χ3v) is 6.56. The van der Waals surface area contributed by atoms with Crippen LogP contribution in [0.1, 0.15) is 13.3 Å². The van der Waals surface area contributed by atoms with Crippen LogP contribution in [0.15, 0.2) is 4.99 Å². The first kappa shape index (κ1) is 21.3. The standard InChI is InChI=1S/C13H26N4O3S2.HI/c1-2-14-13(16-5-3-12(18)11-16)15-4-10-22(19,20)17-6-8-21-9-7-17;/h12,18H,2-11H2,1H3,(H,14,15);1H/t12-;/m1./s1. The zero-order valence-corrected chi connectivity index (χ0v) is 17.4. The van der Waals surface area contributed by atoms with Crippen LogP contribution in [0.2, 0.25) is 0 Å². The fraction of sp³-hybridized carbons (Fsp3) is 0.923. The number of halogens is 1. The highest BCUT2D eigenvalue weighted by atomic mass is 127. The maximum Gasteiger partial charge on any atom is 0.215 e. The molecular weight excluding hydrogens is 451 g/mol. The van der Waals surface area contributed by atoms with E-state index >= 15 is 0 Å². The summed E-state index contributed by atoms with van der Waals surface area (Å²) in [6.07, 6.45) is 0.409. The maximum absolute atomic E-state index is 12.3. The monoisotopic (exact) mass is 478 g/mol. The molecule has 2 aliphatic rings. The molecule has 0 bridgehead atoms. The molecule has 2 aliphatic heterocycles. The van der Waals surface area contributed by atoms with Gasteiger partial charge in [0, 0.05) is 44.2 Å². The second-order valence-electron chi connectivity index (χ2n) is 5.45. The van der Waals surface area contributed by atoms with E-state index in [1.54, 1.807) is 16.1 Å². The molecule has 7 nitrogen and oxygen atoms in total. The smallest absolute Gasteiger partial charge is 0.215 e. The molecule has 2 fully saturated rings. The number of nitrogens with zero attached hydrogens (tertiary/aromatic N) is 3. The lowest BCUT2D eigenvalue weighted by molar-refractivity contribution is 0.188. The lowest BCUT2D eigenvalue weighted by Gasteiger charge is -2.25. The Labute approximate surface area is 160 Å². The van der Waals surface area contributed by atoms with Gasteiger partial charge in [-0.05, 0) is 13.3 Å². The van der Waals surface area contributed by atoms with Crippen molar-refractivity contribution in [2.24, 2.45) is 4.99 Å². The zero-order valence-electron chi connectivity index (χ0n) is 13.5. The molecule has 0 amide bonds. The van der Waals surface area contributed by atoms with E-state index in [1.807, 2.05) is 11.8 Å². The molecule has 0 spiro atoms. The molecule has 2 heterocycles. The molecule has 0 aromatic rings. The maximum atomic E-state index is 12.3. The molecule has 0 unspecified atom stereocenters. The minimum absolute atomic E-state index is 0. The highest BCUT2D eigenvalue weighted by Crippen LogP contribution is 2.13. The lowest BCUT2D eigenvalue weighted by Crippen LogP contribution is -2.42. The van der Waals surface area contributed by atoms with Gasteiger partial charge in [-0.15, -0.1) is 24.0 Å². The van der Waals surface area contributed by atoms with Crippen LogP contribution in [0.3, 0.4) is 0 Å². The van der Waals surface area contributed by atoms with Gasteiger partial charge >= 0.3 is 0 Å². The summed E-state index contributed by atoms with van der Waals surface area (Å²) < 4.78 is 26.1. The molecule has 10 heteroatoms. The van der Waals surface area contributed by atoms with Gasteiger partial charge in [0.25, 0.3) is 0 Å².